The summed E-state index contributed by atoms with van der Waals surface area (Å²) in [7, 11) is 0. The molecule has 1 atom stereocenters. The molecule has 2 N–H and O–H groups in total. The number of para-hydroxylation sites is 2. The van der Waals surface area contributed by atoms with Gasteiger partial charge in [0, 0.05) is 24.5 Å². The molecule has 0 aliphatic carbocycles. The average molecular weight is 456 g/mol. The van der Waals surface area contributed by atoms with E-state index < -0.39 is 0 Å². The Kier molecular flexibility index (Phi) is 7.38. The molecule has 176 valence electrons. The van der Waals surface area contributed by atoms with Gasteiger partial charge in [0.05, 0.1) is 23.6 Å². The number of amides is 1. The lowest BCUT2D eigenvalue weighted by atomic mass is 9.99. The molecule has 6 heteroatoms. The van der Waals surface area contributed by atoms with E-state index >= 15 is 0 Å². The first-order valence-corrected chi connectivity index (χ1v) is 11.9. The van der Waals surface area contributed by atoms with Crippen LogP contribution in [0.25, 0.3) is 11.0 Å². The summed E-state index contributed by atoms with van der Waals surface area (Å²) in [5.41, 5.74) is 10.8. The second-order valence-electron chi connectivity index (χ2n) is 9.10. The SMILES string of the molecule is Cc1ccc(C(=O)N(CCCN)[C@@H](c2nc3ccccc3n2Cc2cccnc2)C(C)C)cc1. The Bertz CT molecular complexity index is 1230. The Morgan fingerprint density at radius 1 is 1.06 bits per heavy atom. The predicted octanol–water partition coefficient (Wildman–Crippen LogP) is 4.98. The van der Waals surface area contributed by atoms with Crippen LogP contribution in [0.15, 0.2) is 73.1 Å². The van der Waals surface area contributed by atoms with Crippen LogP contribution in [0.3, 0.4) is 0 Å². The third-order valence-corrected chi connectivity index (χ3v) is 6.14. The Hall–Kier alpha value is -3.51. The quantitative estimate of drug-likeness (QED) is 0.386. The monoisotopic (exact) mass is 455 g/mol. The van der Waals surface area contributed by atoms with Crippen molar-refractivity contribution in [2.45, 2.75) is 39.8 Å². The molecule has 0 radical (unpaired) electrons. The summed E-state index contributed by atoms with van der Waals surface area (Å²) in [6, 6.07) is 19.7. The maximum Gasteiger partial charge on any atom is 0.254 e. The van der Waals surface area contributed by atoms with E-state index in [4.69, 9.17) is 10.7 Å². The van der Waals surface area contributed by atoms with E-state index in [9.17, 15) is 4.79 Å². The van der Waals surface area contributed by atoms with Gasteiger partial charge in [-0.3, -0.25) is 9.78 Å². The van der Waals surface area contributed by atoms with Gasteiger partial charge in [-0.1, -0.05) is 49.7 Å². The van der Waals surface area contributed by atoms with Crippen molar-refractivity contribution in [3.8, 4) is 0 Å². The van der Waals surface area contributed by atoms with Gasteiger partial charge in [-0.05, 0) is 61.7 Å². The van der Waals surface area contributed by atoms with E-state index in [-0.39, 0.29) is 17.9 Å². The van der Waals surface area contributed by atoms with Crippen molar-refractivity contribution in [2.75, 3.05) is 13.1 Å². The molecule has 6 nitrogen and oxygen atoms in total. The Balaban J connectivity index is 1.83. The number of carbonyl (C=O) groups excluding carboxylic acids is 1. The number of aromatic nitrogens is 3. The highest BCUT2D eigenvalue weighted by molar-refractivity contribution is 5.94. The smallest absolute Gasteiger partial charge is 0.254 e. The lowest BCUT2D eigenvalue weighted by Gasteiger charge is -2.34. The van der Waals surface area contributed by atoms with E-state index in [1.165, 1.54) is 0 Å². The number of aryl methyl sites for hydroxylation is 1. The molecule has 0 saturated carbocycles. The van der Waals surface area contributed by atoms with Gasteiger partial charge in [0.25, 0.3) is 5.91 Å². The minimum atomic E-state index is -0.204. The summed E-state index contributed by atoms with van der Waals surface area (Å²) in [5, 5.41) is 0. The number of hydrogen-bond donors (Lipinski definition) is 1. The van der Waals surface area contributed by atoms with Gasteiger partial charge in [-0.15, -0.1) is 0 Å². The molecule has 4 aromatic rings. The zero-order valence-electron chi connectivity index (χ0n) is 20.2. The van der Waals surface area contributed by atoms with Crippen molar-refractivity contribution < 1.29 is 4.79 Å². The van der Waals surface area contributed by atoms with Gasteiger partial charge in [0.15, 0.2) is 0 Å². The van der Waals surface area contributed by atoms with Gasteiger partial charge >= 0.3 is 0 Å². The highest BCUT2D eigenvalue weighted by atomic mass is 16.2. The van der Waals surface area contributed by atoms with Crippen molar-refractivity contribution in [3.63, 3.8) is 0 Å². The molecule has 1 amide bonds. The van der Waals surface area contributed by atoms with Crippen molar-refractivity contribution in [2.24, 2.45) is 11.7 Å². The van der Waals surface area contributed by atoms with Crippen molar-refractivity contribution >= 4 is 16.9 Å². The van der Waals surface area contributed by atoms with Crippen molar-refractivity contribution in [1.29, 1.82) is 0 Å². The number of nitrogens with two attached hydrogens (primary N) is 1. The van der Waals surface area contributed by atoms with E-state index in [0.29, 0.717) is 25.2 Å². The normalized spacial score (nSPS) is 12.3. The summed E-state index contributed by atoms with van der Waals surface area (Å²) in [6.45, 7) is 8.05. The number of rotatable bonds is 9. The third kappa shape index (κ3) is 5.02. The number of pyridine rings is 1. The topological polar surface area (TPSA) is 77.0 Å². The summed E-state index contributed by atoms with van der Waals surface area (Å²) in [6.07, 6.45) is 4.39. The average Bonchev–Trinajstić information content (AvgIpc) is 3.19. The second kappa shape index (κ2) is 10.6. The van der Waals surface area contributed by atoms with Crippen LogP contribution in [-0.4, -0.2) is 38.4 Å². The number of benzene rings is 2. The number of fused-ring (bicyclic) bond motifs is 1. The fourth-order valence-corrected chi connectivity index (χ4v) is 4.45. The van der Waals surface area contributed by atoms with E-state index in [1.807, 2.05) is 66.6 Å². The summed E-state index contributed by atoms with van der Waals surface area (Å²) in [4.78, 5) is 25.1. The van der Waals surface area contributed by atoms with E-state index in [0.717, 1.165) is 34.4 Å². The molecule has 2 aromatic carbocycles. The number of hydrogen-bond acceptors (Lipinski definition) is 4. The molecule has 0 aliphatic heterocycles. The van der Waals surface area contributed by atoms with Crippen LogP contribution in [0.4, 0.5) is 0 Å². The van der Waals surface area contributed by atoms with Crippen molar-refractivity contribution in [1.82, 2.24) is 19.4 Å². The zero-order chi connectivity index (χ0) is 24.1. The van der Waals surface area contributed by atoms with Crippen molar-refractivity contribution in [3.05, 3.63) is 95.6 Å². The zero-order valence-corrected chi connectivity index (χ0v) is 20.2. The van der Waals surface area contributed by atoms with Crippen LogP contribution in [-0.2, 0) is 6.54 Å². The first-order valence-electron chi connectivity index (χ1n) is 11.9. The molecule has 2 heterocycles. The largest absolute Gasteiger partial charge is 0.330 e. The second-order valence-corrected chi connectivity index (χ2v) is 9.10. The molecular weight excluding hydrogens is 422 g/mol. The summed E-state index contributed by atoms with van der Waals surface area (Å²) >= 11 is 0. The number of carbonyl (C=O) groups is 1. The summed E-state index contributed by atoms with van der Waals surface area (Å²) in [5.74, 6) is 1.04. The Morgan fingerprint density at radius 2 is 1.82 bits per heavy atom. The highest BCUT2D eigenvalue weighted by Crippen LogP contribution is 2.33. The van der Waals surface area contributed by atoms with Gasteiger partial charge in [0.2, 0.25) is 0 Å². The molecule has 0 bridgehead atoms. The molecular formula is C28H33N5O. The number of imidazole rings is 1. The molecule has 34 heavy (non-hydrogen) atoms. The van der Waals surface area contributed by atoms with Crippen LogP contribution in [0.5, 0.6) is 0 Å². The van der Waals surface area contributed by atoms with Gasteiger partial charge in [-0.25, -0.2) is 4.98 Å². The maximum atomic E-state index is 13.8. The van der Waals surface area contributed by atoms with E-state index in [2.05, 4.69) is 35.5 Å². The lowest BCUT2D eigenvalue weighted by molar-refractivity contribution is 0.0605. The van der Waals surface area contributed by atoms with E-state index in [1.54, 1.807) is 6.20 Å². The standard InChI is InChI=1S/C28H33N5O/c1-20(2)26(32(17-7-15-29)28(34)23-13-11-21(3)12-14-23)27-31-24-9-4-5-10-25(24)33(27)19-22-8-6-16-30-18-22/h4-6,8-14,16,18,20,26H,7,15,17,19,29H2,1-3H3/t26-/m1/s1. The van der Waals surface area contributed by atoms with Gasteiger partial charge in [-0.2, -0.15) is 0 Å². The lowest BCUT2D eigenvalue weighted by Crippen LogP contribution is -2.40. The molecule has 0 saturated heterocycles. The fourth-order valence-electron chi connectivity index (χ4n) is 4.45. The van der Waals surface area contributed by atoms with Crippen LogP contribution < -0.4 is 5.73 Å². The molecule has 0 unspecified atom stereocenters. The molecule has 2 aromatic heterocycles. The molecule has 0 aliphatic rings. The first-order chi connectivity index (χ1) is 16.5. The minimum absolute atomic E-state index is 0.00661. The fraction of sp³-hybridized carbons (Fsp3) is 0.321. The summed E-state index contributed by atoms with van der Waals surface area (Å²) < 4.78 is 2.23. The molecule has 4 rings (SSSR count). The minimum Gasteiger partial charge on any atom is -0.330 e. The molecule has 0 spiro atoms. The van der Waals surface area contributed by atoms with Crippen LogP contribution >= 0.6 is 0 Å². The molecule has 0 fully saturated rings. The van der Waals surface area contributed by atoms with Crippen LogP contribution in [0.2, 0.25) is 0 Å². The predicted molar refractivity (Wildman–Crippen MR) is 137 cm³/mol. The van der Waals surface area contributed by atoms with Crippen LogP contribution in [0.1, 0.15) is 53.6 Å². The highest BCUT2D eigenvalue weighted by Gasteiger charge is 2.32. The maximum absolute atomic E-state index is 13.8. The van der Waals surface area contributed by atoms with Gasteiger partial charge < -0.3 is 15.2 Å². The van der Waals surface area contributed by atoms with Gasteiger partial charge in [0.1, 0.15) is 5.82 Å². The Morgan fingerprint density at radius 3 is 2.50 bits per heavy atom. The number of nitrogens with zero attached hydrogens (tertiary/aromatic N) is 4. The van der Waals surface area contributed by atoms with Crippen LogP contribution in [0, 0.1) is 12.8 Å². The first kappa shape index (κ1) is 23.6. The third-order valence-electron chi connectivity index (χ3n) is 6.14. The Labute approximate surface area is 201 Å².